The number of ether oxygens (including phenoxy) is 1. The Hall–Kier alpha value is -0.590. The van der Waals surface area contributed by atoms with Crippen LogP contribution in [0.1, 0.15) is 19.3 Å². The largest absolute Gasteiger partial charge is 0.381 e. The first-order chi connectivity index (χ1) is 5.34. The zero-order chi connectivity index (χ0) is 8.10. The number of rotatable bonds is 2. The lowest BCUT2D eigenvalue weighted by Gasteiger charge is -2.25. The summed E-state index contributed by atoms with van der Waals surface area (Å²) in [5.41, 5.74) is 5.78. The molecule has 1 aliphatic heterocycles. The van der Waals surface area contributed by atoms with Crippen LogP contribution in [-0.4, -0.2) is 19.3 Å². The summed E-state index contributed by atoms with van der Waals surface area (Å²) in [6.45, 7) is 1.62. The van der Waals surface area contributed by atoms with Crippen LogP contribution >= 0.6 is 0 Å². The third-order valence-corrected chi connectivity index (χ3v) is 2.20. The molecule has 62 valence electrons. The molecule has 3 nitrogen and oxygen atoms in total. The molecule has 11 heavy (non-hydrogen) atoms. The van der Waals surface area contributed by atoms with Crippen molar-refractivity contribution in [2.24, 2.45) is 11.7 Å². The van der Waals surface area contributed by atoms with Crippen molar-refractivity contribution < 1.29 is 4.74 Å². The Balaban J connectivity index is 2.27. The lowest BCUT2D eigenvalue weighted by atomic mass is 9.91. The zero-order valence-corrected chi connectivity index (χ0v) is 6.62. The third-order valence-electron chi connectivity index (χ3n) is 2.20. The summed E-state index contributed by atoms with van der Waals surface area (Å²) in [6.07, 6.45) is 2.51. The number of hydrogen-bond donors (Lipinski definition) is 1. The smallest absolute Gasteiger partial charge is 0.0638 e. The molecule has 1 saturated heterocycles. The fourth-order valence-electron chi connectivity index (χ4n) is 1.42. The number of nitriles is 1. The van der Waals surface area contributed by atoms with E-state index in [0.717, 1.165) is 26.1 Å². The fourth-order valence-corrected chi connectivity index (χ4v) is 1.42. The molecule has 0 radical (unpaired) electrons. The van der Waals surface area contributed by atoms with E-state index in [9.17, 15) is 0 Å². The molecule has 0 aromatic rings. The average Bonchev–Trinajstić information content (AvgIpc) is 2.07. The molecule has 0 aromatic carbocycles. The van der Waals surface area contributed by atoms with Crippen LogP contribution in [-0.2, 0) is 4.74 Å². The summed E-state index contributed by atoms with van der Waals surface area (Å²) in [4.78, 5) is 0. The topological polar surface area (TPSA) is 59.0 Å². The van der Waals surface area contributed by atoms with Crippen LogP contribution in [0.2, 0.25) is 0 Å². The Labute approximate surface area is 67.1 Å². The summed E-state index contributed by atoms with van der Waals surface area (Å²) in [5.74, 6) is 0.503. The van der Waals surface area contributed by atoms with E-state index in [4.69, 9.17) is 15.7 Å². The highest BCUT2D eigenvalue weighted by Crippen LogP contribution is 2.18. The van der Waals surface area contributed by atoms with E-state index in [1.807, 2.05) is 0 Å². The van der Waals surface area contributed by atoms with Gasteiger partial charge in [-0.05, 0) is 18.8 Å². The molecule has 0 aromatic heterocycles. The van der Waals surface area contributed by atoms with E-state index in [1.165, 1.54) is 0 Å². The minimum absolute atomic E-state index is 0.0592. The van der Waals surface area contributed by atoms with Crippen LogP contribution < -0.4 is 5.73 Å². The maximum absolute atomic E-state index is 8.41. The van der Waals surface area contributed by atoms with Crippen LogP contribution in [0.15, 0.2) is 0 Å². The van der Waals surface area contributed by atoms with Gasteiger partial charge in [0.05, 0.1) is 12.5 Å². The Kier molecular flexibility index (Phi) is 3.34. The molecular weight excluding hydrogens is 140 g/mol. The number of hydrogen-bond acceptors (Lipinski definition) is 3. The van der Waals surface area contributed by atoms with E-state index >= 15 is 0 Å². The van der Waals surface area contributed by atoms with Gasteiger partial charge in [0.1, 0.15) is 0 Å². The number of nitrogens with zero attached hydrogens (tertiary/aromatic N) is 1. The SMILES string of the molecule is N#CCC(N)C1CCOCC1. The zero-order valence-electron chi connectivity index (χ0n) is 6.62. The van der Waals surface area contributed by atoms with Crippen LogP contribution in [0.5, 0.6) is 0 Å². The van der Waals surface area contributed by atoms with Crippen molar-refractivity contribution in [3.05, 3.63) is 0 Å². The highest BCUT2D eigenvalue weighted by Gasteiger charge is 2.20. The first-order valence-electron chi connectivity index (χ1n) is 4.05. The van der Waals surface area contributed by atoms with Crippen molar-refractivity contribution in [3.8, 4) is 6.07 Å². The van der Waals surface area contributed by atoms with E-state index < -0.39 is 0 Å². The first kappa shape index (κ1) is 8.51. The van der Waals surface area contributed by atoms with Crippen molar-refractivity contribution >= 4 is 0 Å². The average molecular weight is 154 g/mol. The summed E-state index contributed by atoms with van der Waals surface area (Å²) in [6, 6.07) is 2.16. The minimum Gasteiger partial charge on any atom is -0.381 e. The minimum atomic E-state index is 0.0592. The van der Waals surface area contributed by atoms with Crippen LogP contribution in [0, 0.1) is 17.2 Å². The van der Waals surface area contributed by atoms with E-state index in [1.54, 1.807) is 0 Å². The van der Waals surface area contributed by atoms with Gasteiger partial charge in [-0.25, -0.2) is 0 Å². The maximum atomic E-state index is 8.41. The second-order valence-electron chi connectivity index (χ2n) is 2.98. The van der Waals surface area contributed by atoms with Crippen LogP contribution in [0.3, 0.4) is 0 Å². The Morgan fingerprint density at radius 3 is 2.73 bits per heavy atom. The highest BCUT2D eigenvalue weighted by molar-refractivity contribution is 4.84. The second-order valence-corrected chi connectivity index (χ2v) is 2.98. The van der Waals surface area contributed by atoms with E-state index in [2.05, 4.69) is 6.07 Å². The van der Waals surface area contributed by atoms with Gasteiger partial charge in [-0.15, -0.1) is 0 Å². The highest BCUT2D eigenvalue weighted by atomic mass is 16.5. The molecule has 0 aliphatic carbocycles. The normalized spacial score (nSPS) is 22.5. The standard InChI is InChI=1S/C8H14N2O/c9-4-1-8(10)7-2-5-11-6-3-7/h7-8H,1-3,5-6,10H2. The van der Waals surface area contributed by atoms with Gasteiger partial charge >= 0.3 is 0 Å². The molecule has 0 saturated carbocycles. The predicted octanol–water partition coefficient (Wildman–Crippen LogP) is 0.654. The van der Waals surface area contributed by atoms with Crippen molar-refractivity contribution in [2.45, 2.75) is 25.3 Å². The van der Waals surface area contributed by atoms with Gasteiger partial charge < -0.3 is 10.5 Å². The molecular formula is C8H14N2O. The molecule has 3 heteroatoms. The van der Waals surface area contributed by atoms with E-state index in [0.29, 0.717) is 12.3 Å². The van der Waals surface area contributed by atoms with Gasteiger partial charge in [0.25, 0.3) is 0 Å². The van der Waals surface area contributed by atoms with Crippen molar-refractivity contribution in [2.75, 3.05) is 13.2 Å². The summed E-state index contributed by atoms with van der Waals surface area (Å²) >= 11 is 0. The van der Waals surface area contributed by atoms with Crippen molar-refractivity contribution in [1.82, 2.24) is 0 Å². The molecule has 2 N–H and O–H groups in total. The summed E-state index contributed by atoms with van der Waals surface area (Å²) in [7, 11) is 0. The predicted molar refractivity (Wildman–Crippen MR) is 41.7 cm³/mol. The van der Waals surface area contributed by atoms with Gasteiger partial charge in [0.15, 0.2) is 0 Å². The Bertz CT molecular complexity index is 147. The monoisotopic (exact) mass is 154 g/mol. The second kappa shape index (κ2) is 4.32. The van der Waals surface area contributed by atoms with Gasteiger partial charge in [-0.2, -0.15) is 5.26 Å². The van der Waals surface area contributed by atoms with Gasteiger partial charge in [0, 0.05) is 19.3 Å². The molecule has 1 atom stereocenters. The Morgan fingerprint density at radius 1 is 1.55 bits per heavy atom. The van der Waals surface area contributed by atoms with Gasteiger partial charge in [-0.3, -0.25) is 0 Å². The third kappa shape index (κ3) is 2.49. The van der Waals surface area contributed by atoms with E-state index in [-0.39, 0.29) is 6.04 Å². The quantitative estimate of drug-likeness (QED) is 0.635. The molecule has 0 bridgehead atoms. The van der Waals surface area contributed by atoms with Gasteiger partial charge in [-0.1, -0.05) is 0 Å². The lowest BCUT2D eigenvalue weighted by molar-refractivity contribution is 0.0589. The molecule has 1 rings (SSSR count). The van der Waals surface area contributed by atoms with Crippen molar-refractivity contribution in [1.29, 1.82) is 5.26 Å². The molecule has 0 spiro atoms. The summed E-state index contributed by atoms with van der Waals surface area (Å²) in [5, 5.41) is 8.41. The fraction of sp³-hybridized carbons (Fsp3) is 0.875. The summed E-state index contributed by atoms with van der Waals surface area (Å²) < 4.78 is 5.19. The molecule has 1 unspecified atom stereocenters. The molecule has 1 heterocycles. The molecule has 1 fully saturated rings. The van der Waals surface area contributed by atoms with Crippen molar-refractivity contribution in [3.63, 3.8) is 0 Å². The Morgan fingerprint density at radius 2 is 2.18 bits per heavy atom. The van der Waals surface area contributed by atoms with Crippen LogP contribution in [0.25, 0.3) is 0 Å². The lowest BCUT2D eigenvalue weighted by Crippen LogP contribution is -2.33. The molecule has 0 amide bonds. The first-order valence-corrected chi connectivity index (χ1v) is 4.05. The van der Waals surface area contributed by atoms with Crippen LogP contribution in [0.4, 0.5) is 0 Å². The molecule has 1 aliphatic rings. The maximum Gasteiger partial charge on any atom is 0.0638 e. The number of nitrogens with two attached hydrogens (primary N) is 1. The van der Waals surface area contributed by atoms with Gasteiger partial charge in [0.2, 0.25) is 0 Å².